The summed E-state index contributed by atoms with van der Waals surface area (Å²) < 4.78 is 15.2. The molecule has 1 aromatic heterocycles. The second-order valence-corrected chi connectivity index (χ2v) is 7.72. The minimum atomic E-state index is -0.234. The lowest BCUT2D eigenvalue weighted by molar-refractivity contribution is 0.0767. The third kappa shape index (κ3) is 4.29. The molecule has 5 nitrogen and oxygen atoms in total. The molecule has 0 saturated carbocycles. The van der Waals surface area contributed by atoms with Crippen molar-refractivity contribution in [2.75, 3.05) is 37.3 Å². The van der Waals surface area contributed by atoms with Crippen LogP contribution >= 0.6 is 11.8 Å². The van der Waals surface area contributed by atoms with Gasteiger partial charge in [-0.3, -0.25) is 9.36 Å². The van der Waals surface area contributed by atoms with Gasteiger partial charge in [0.25, 0.3) is 5.91 Å². The summed E-state index contributed by atoms with van der Waals surface area (Å²) in [5.41, 5.74) is 2.60. The number of imidazole rings is 1. The van der Waals surface area contributed by atoms with Crippen LogP contribution in [0.1, 0.15) is 16.8 Å². The van der Waals surface area contributed by atoms with Crippen LogP contribution in [0.4, 0.5) is 10.1 Å². The van der Waals surface area contributed by atoms with Crippen molar-refractivity contribution < 1.29 is 9.18 Å². The average molecular weight is 411 g/mol. The van der Waals surface area contributed by atoms with Crippen LogP contribution in [0, 0.1) is 5.82 Å². The van der Waals surface area contributed by atoms with Gasteiger partial charge in [-0.1, -0.05) is 17.8 Å². The molecule has 1 aliphatic rings. The molecular weight excluding hydrogens is 387 g/mol. The fourth-order valence-electron chi connectivity index (χ4n) is 3.64. The molecule has 0 bridgehead atoms. The molecule has 1 amide bonds. The first kappa shape index (κ1) is 19.5. The predicted octanol–water partition coefficient (Wildman–Crippen LogP) is 4.09. The van der Waals surface area contributed by atoms with Crippen molar-refractivity contribution in [3.63, 3.8) is 0 Å². The number of hydrogen-bond acceptors (Lipinski definition) is 4. The molecule has 3 aromatic rings. The van der Waals surface area contributed by atoms with Gasteiger partial charge in [0.05, 0.1) is 0 Å². The smallest absolute Gasteiger partial charge is 0.253 e. The van der Waals surface area contributed by atoms with E-state index in [9.17, 15) is 9.18 Å². The predicted molar refractivity (Wildman–Crippen MR) is 114 cm³/mol. The Hall–Kier alpha value is -2.80. The maximum atomic E-state index is 13.2. The minimum Gasteiger partial charge on any atom is -0.370 e. The Morgan fingerprint density at radius 1 is 1.03 bits per heavy atom. The first-order valence-electron chi connectivity index (χ1n) is 9.63. The number of anilines is 1. The Bertz CT molecular complexity index is 988. The van der Waals surface area contributed by atoms with Crippen molar-refractivity contribution in [3.05, 3.63) is 72.3 Å². The van der Waals surface area contributed by atoms with E-state index >= 15 is 0 Å². The van der Waals surface area contributed by atoms with Crippen molar-refractivity contribution in [3.8, 4) is 5.69 Å². The summed E-state index contributed by atoms with van der Waals surface area (Å²) in [6, 6.07) is 14.2. The molecule has 0 spiro atoms. The van der Waals surface area contributed by atoms with Crippen LogP contribution in [0.15, 0.2) is 66.1 Å². The molecule has 0 unspecified atom stereocenters. The lowest BCUT2D eigenvalue weighted by atomic mass is 10.1. The van der Waals surface area contributed by atoms with Crippen molar-refractivity contribution in [2.45, 2.75) is 11.6 Å². The first-order valence-corrected chi connectivity index (χ1v) is 10.9. The lowest BCUT2D eigenvalue weighted by Gasteiger charge is -2.24. The lowest BCUT2D eigenvalue weighted by Crippen LogP contribution is -2.35. The van der Waals surface area contributed by atoms with Crippen molar-refractivity contribution in [1.82, 2.24) is 14.5 Å². The number of halogens is 1. The molecule has 4 rings (SSSR count). The zero-order chi connectivity index (χ0) is 20.2. The van der Waals surface area contributed by atoms with Crippen LogP contribution in [-0.4, -0.2) is 52.8 Å². The molecular formula is C22H23FN4OS. The number of carbonyl (C=O) groups excluding carboxylic acids is 1. The second-order valence-electron chi connectivity index (χ2n) is 6.94. The molecule has 150 valence electrons. The summed E-state index contributed by atoms with van der Waals surface area (Å²) in [6.07, 6.45) is 6.53. The van der Waals surface area contributed by atoms with Crippen molar-refractivity contribution in [1.29, 1.82) is 0 Å². The summed E-state index contributed by atoms with van der Waals surface area (Å²) in [7, 11) is 0. The highest BCUT2D eigenvalue weighted by atomic mass is 32.2. The van der Waals surface area contributed by atoms with Crippen LogP contribution < -0.4 is 4.90 Å². The van der Waals surface area contributed by atoms with Crippen LogP contribution in [0.2, 0.25) is 0 Å². The number of benzene rings is 2. The molecule has 0 N–H and O–H groups in total. The maximum Gasteiger partial charge on any atom is 0.253 e. The van der Waals surface area contributed by atoms with Gasteiger partial charge in [0.1, 0.15) is 5.82 Å². The fraction of sp³-hybridized carbons (Fsp3) is 0.273. The van der Waals surface area contributed by atoms with Gasteiger partial charge in [-0.2, -0.15) is 0 Å². The van der Waals surface area contributed by atoms with E-state index in [1.165, 1.54) is 12.1 Å². The number of hydrogen-bond donors (Lipinski definition) is 0. The summed E-state index contributed by atoms with van der Waals surface area (Å²) in [5.74, 6) is -0.193. The summed E-state index contributed by atoms with van der Waals surface area (Å²) in [6.45, 7) is 2.93. The third-order valence-electron chi connectivity index (χ3n) is 5.14. The largest absolute Gasteiger partial charge is 0.370 e. The SMILES string of the molecule is CSc1nccn1-c1cccc(C(=O)N2CCCN(c3ccc(F)cc3)CC2)c1. The standard InChI is InChI=1S/C22H23FN4OS/c1-29-22-24-10-13-27(22)20-5-2-4-17(16-20)21(28)26-12-3-11-25(14-15-26)19-8-6-18(23)7-9-19/h2,4-10,13,16H,3,11-12,14-15H2,1H3. The van der Waals surface area contributed by atoms with Gasteiger partial charge in [0.2, 0.25) is 0 Å². The van der Waals surface area contributed by atoms with Crippen LogP contribution in [-0.2, 0) is 0 Å². The normalized spacial score (nSPS) is 14.7. The van der Waals surface area contributed by atoms with E-state index in [0.717, 1.165) is 36.0 Å². The molecule has 1 fully saturated rings. The quantitative estimate of drug-likeness (QED) is 0.608. The second kappa shape index (κ2) is 8.69. The third-order valence-corrected chi connectivity index (χ3v) is 5.80. The Labute approximate surface area is 174 Å². The molecule has 2 aromatic carbocycles. The highest BCUT2D eigenvalue weighted by Gasteiger charge is 2.21. The van der Waals surface area contributed by atoms with Gasteiger partial charge in [0, 0.05) is 55.5 Å². The van der Waals surface area contributed by atoms with E-state index in [1.54, 1.807) is 30.1 Å². The van der Waals surface area contributed by atoms with E-state index in [0.29, 0.717) is 18.7 Å². The van der Waals surface area contributed by atoms with E-state index < -0.39 is 0 Å². The summed E-state index contributed by atoms with van der Waals surface area (Å²) >= 11 is 1.57. The van der Waals surface area contributed by atoms with E-state index in [-0.39, 0.29) is 11.7 Å². The van der Waals surface area contributed by atoms with Gasteiger partial charge in [0.15, 0.2) is 5.16 Å². The molecule has 1 aliphatic heterocycles. The number of thioether (sulfide) groups is 1. The Kier molecular flexibility index (Phi) is 5.85. The van der Waals surface area contributed by atoms with Crippen LogP contribution in [0.3, 0.4) is 0 Å². The molecule has 2 heterocycles. The van der Waals surface area contributed by atoms with Gasteiger partial charge in [-0.25, -0.2) is 9.37 Å². The van der Waals surface area contributed by atoms with Crippen molar-refractivity contribution in [2.24, 2.45) is 0 Å². The monoisotopic (exact) mass is 410 g/mol. The Morgan fingerprint density at radius 2 is 1.86 bits per heavy atom. The highest BCUT2D eigenvalue weighted by Crippen LogP contribution is 2.21. The minimum absolute atomic E-state index is 0.0404. The average Bonchev–Trinajstić information content (AvgIpc) is 3.11. The van der Waals surface area contributed by atoms with Gasteiger partial charge < -0.3 is 9.80 Å². The Balaban J connectivity index is 1.48. The number of nitrogens with zero attached hydrogens (tertiary/aromatic N) is 4. The van der Waals surface area contributed by atoms with Crippen LogP contribution in [0.5, 0.6) is 0 Å². The molecule has 1 saturated heterocycles. The maximum absolute atomic E-state index is 13.2. The van der Waals surface area contributed by atoms with Crippen molar-refractivity contribution >= 4 is 23.4 Å². The zero-order valence-corrected chi connectivity index (χ0v) is 17.1. The molecule has 7 heteroatoms. The van der Waals surface area contributed by atoms with Gasteiger partial charge in [-0.15, -0.1) is 0 Å². The summed E-state index contributed by atoms with van der Waals surface area (Å²) in [5, 5.41) is 0.888. The topological polar surface area (TPSA) is 41.4 Å². The molecule has 0 atom stereocenters. The van der Waals surface area contributed by atoms with E-state index in [2.05, 4.69) is 9.88 Å². The van der Waals surface area contributed by atoms with E-state index in [1.807, 2.05) is 46.2 Å². The van der Waals surface area contributed by atoms with Crippen LogP contribution in [0.25, 0.3) is 5.69 Å². The highest BCUT2D eigenvalue weighted by molar-refractivity contribution is 7.98. The zero-order valence-electron chi connectivity index (χ0n) is 16.3. The number of rotatable bonds is 4. The Morgan fingerprint density at radius 3 is 2.66 bits per heavy atom. The van der Waals surface area contributed by atoms with E-state index in [4.69, 9.17) is 0 Å². The molecule has 29 heavy (non-hydrogen) atoms. The molecule has 0 radical (unpaired) electrons. The van der Waals surface area contributed by atoms with Gasteiger partial charge in [-0.05, 0) is 55.1 Å². The fourth-order valence-corrected chi connectivity index (χ4v) is 4.17. The first-order chi connectivity index (χ1) is 14.2. The molecule has 0 aliphatic carbocycles. The number of amides is 1. The van der Waals surface area contributed by atoms with Gasteiger partial charge >= 0.3 is 0 Å². The number of aromatic nitrogens is 2. The number of carbonyl (C=O) groups is 1. The summed E-state index contributed by atoms with van der Waals surface area (Å²) in [4.78, 5) is 21.6.